The number of hydrogen-bond acceptors (Lipinski definition) is 3. The molecule has 2 rings (SSSR count). The van der Waals surface area contributed by atoms with Crippen molar-refractivity contribution in [2.75, 3.05) is 6.54 Å². The van der Waals surface area contributed by atoms with E-state index in [0.717, 1.165) is 18.4 Å². The van der Waals surface area contributed by atoms with E-state index < -0.39 is 10.0 Å². The summed E-state index contributed by atoms with van der Waals surface area (Å²) in [7, 11) is -3.53. The molecule has 0 aromatic heterocycles. The van der Waals surface area contributed by atoms with Crippen LogP contribution in [0.4, 0.5) is 0 Å². The Morgan fingerprint density at radius 1 is 1.33 bits per heavy atom. The number of sulfonamides is 1. The van der Waals surface area contributed by atoms with E-state index in [1.54, 1.807) is 19.1 Å². The normalized spacial score (nSPS) is 15.2. The number of nitrogens with one attached hydrogen (secondary N) is 2. The highest BCUT2D eigenvalue weighted by atomic mass is 32.2. The molecule has 1 aromatic carbocycles. The van der Waals surface area contributed by atoms with Gasteiger partial charge in [-0.1, -0.05) is 19.9 Å². The maximum absolute atomic E-state index is 12.2. The third-order valence-corrected chi connectivity index (χ3v) is 4.85. The fourth-order valence-corrected chi connectivity index (χ4v) is 3.22. The molecule has 21 heavy (non-hydrogen) atoms. The first kappa shape index (κ1) is 16.0. The van der Waals surface area contributed by atoms with Crippen LogP contribution in [0.2, 0.25) is 0 Å². The molecule has 1 aliphatic carbocycles. The predicted octanol–water partition coefficient (Wildman–Crippen LogP) is 1.82. The highest BCUT2D eigenvalue weighted by Gasteiger charge is 2.28. The maximum atomic E-state index is 12.2. The summed E-state index contributed by atoms with van der Waals surface area (Å²) in [5.74, 6) is 0.113. The van der Waals surface area contributed by atoms with Gasteiger partial charge in [0.15, 0.2) is 0 Å². The lowest BCUT2D eigenvalue weighted by atomic mass is 10.1. The van der Waals surface area contributed by atoms with Gasteiger partial charge < -0.3 is 5.32 Å². The van der Waals surface area contributed by atoms with E-state index in [-0.39, 0.29) is 16.8 Å². The molecule has 0 atom stereocenters. The molecule has 0 heterocycles. The Kier molecular flexibility index (Phi) is 4.68. The van der Waals surface area contributed by atoms with Gasteiger partial charge in [-0.2, -0.15) is 0 Å². The van der Waals surface area contributed by atoms with E-state index in [1.165, 1.54) is 6.07 Å². The van der Waals surface area contributed by atoms with E-state index in [1.807, 2.05) is 13.8 Å². The van der Waals surface area contributed by atoms with Gasteiger partial charge in [-0.25, -0.2) is 13.1 Å². The zero-order valence-electron chi connectivity index (χ0n) is 12.6. The standard InChI is InChI=1S/C15H22N2O3S/c1-10(2)9-16-15(18)14-8-13(7-4-11(14)3)21(19,20)17-12-5-6-12/h4,7-8,10,12,17H,5-6,9H2,1-3H3,(H,16,18). The molecule has 1 aromatic rings. The van der Waals surface area contributed by atoms with Crippen LogP contribution < -0.4 is 10.0 Å². The summed E-state index contributed by atoms with van der Waals surface area (Å²) in [5.41, 5.74) is 1.18. The third-order valence-electron chi connectivity index (χ3n) is 3.33. The van der Waals surface area contributed by atoms with E-state index in [4.69, 9.17) is 0 Å². The van der Waals surface area contributed by atoms with Gasteiger partial charge in [-0.05, 0) is 43.4 Å². The van der Waals surface area contributed by atoms with Crippen LogP contribution in [0.5, 0.6) is 0 Å². The molecule has 0 unspecified atom stereocenters. The average molecular weight is 310 g/mol. The molecule has 0 spiro atoms. The molecule has 5 nitrogen and oxygen atoms in total. The zero-order valence-corrected chi connectivity index (χ0v) is 13.5. The van der Waals surface area contributed by atoms with E-state index >= 15 is 0 Å². The van der Waals surface area contributed by atoms with Gasteiger partial charge in [0.1, 0.15) is 0 Å². The van der Waals surface area contributed by atoms with Crippen LogP contribution in [-0.4, -0.2) is 26.9 Å². The van der Waals surface area contributed by atoms with E-state index in [2.05, 4.69) is 10.0 Å². The Bertz CT molecular complexity index is 634. The first-order valence-electron chi connectivity index (χ1n) is 7.21. The molecule has 1 amide bonds. The van der Waals surface area contributed by atoms with Crippen molar-refractivity contribution in [1.82, 2.24) is 10.0 Å². The van der Waals surface area contributed by atoms with Crippen LogP contribution >= 0.6 is 0 Å². The second-order valence-corrected chi connectivity index (χ2v) is 7.69. The number of carbonyl (C=O) groups is 1. The highest BCUT2D eigenvalue weighted by molar-refractivity contribution is 7.89. The van der Waals surface area contributed by atoms with Gasteiger partial charge in [0.2, 0.25) is 10.0 Å². The van der Waals surface area contributed by atoms with E-state index in [9.17, 15) is 13.2 Å². The van der Waals surface area contributed by atoms with E-state index in [0.29, 0.717) is 18.0 Å². The van der Waals surface area contributed by atoms with Crippen molar-refractivity contribution in [3.05, 3.63) is 29.3 Å². The number of rotatable bonds is 6. The largest absolute Gasteiger partial charge is 0.352 e. The summed E-state index contributed by atoms with van der Waals surface area (Å²) in [6, 6.07) is 4.72. The molecule has 2 N–H and O–H groups in total. The summed E-state index contributed by atoms with van der Waals surface area (Å²) in [5, 5.41) is 2.82. The van der Waals surface area contributed by atoms with Crippen LogP contribution in [0.3, 0.4) is 0 Å². The Labute approximate surface area is 126 Å². The van der Waals surface area contributed by atoms with Crippen molar-refractivity contribution in [3.8, 4) is 0 Å². The smallest absolute Gasteiger partial charge is 0.251 e. The molecule has 1 fully saturated rings. The van der Waals surface area contributed by atoms with Crippen LogP contribution in [-0.2, 0) is 10.0 Å². The second-order valence-electron chi connectivity index (χ2n) is 5.98. The molecule has 116 valence electrons. The van der Waals surface area contributed by atoms with Crippen LogP contribution in [0.25, 0.3) is 0 Å². The Morgan fingerprint density at radius 2 is 2.00 bits per heavy atom. The van der Waals surface area contributed by atoms with Gasteiger partial charge >= 0.3 is 0 Å². The van der Waals surface area contributed by atoms with Crippen molar-refractivity contribution < 1.29 is 13.2 Å². The molecule has 6 heteroatoms. The molecule has 0 bridgehead atoms. The summed E-state index contributed by atoms with van der Waals surface area (Å²) in [6.07, 6.45) is 1.76. The fourth-order valence-electron chi connectivity index (χ4n) is 1.89. The minimum atomic E-state index is -3.53. The summed E-state index contributed by atoms with van der Waals surface area (Å²) in [4.78, 5) is 12.3. The molecule has 0 saturated heterocycles. The summed E-state index contributed by atoms with van der Waals surface area (Å²) in [6.45, 7) is 6.38. The van der Waals surface area contributed by atoms with Crippen molar-refractivity contribution >= 4 is 15.9 Å². The maximum Gasteiger partial charge on any atom is 0.251 e. The van der Waals surface area contributed by atoms with Crippen molar-refractivity contribution in [2.45, 2.75) is 44.6 Å². The Hall–Kier alpha value is -1.40. The Morgan fingerprint density at radius 3 is 2.57 bits per heavy atom. The van der Waals surface area contributed by atoms with Crippen LogP contribution in [0.1, 0.15) is 42.6 Å². The second kappa shape index (κ2) is 6.15. The van der Waals surface area contributed by atoms with Crippen molar-refractivity contribution in [1.29, 1.82) is 0 Å². The third kappa shape index (κ3) is 4.28. The fraction of sp³-hybridized carbons (Fsp3) is 0.533. The molecular weight excluding hydrogens is 288 g/mol. The summed E-state index contributed by atoms with van der Waals surface area (Å²) < 4.78 is 27.0. The number of aryl methyl sites for hydroxylation is 1. The van der Waals surface area contributed by atoms with Crippen molar-refractivity contribution in [2.24, 2.45) is 5.92 Å². The lowest BCUT2D eigenvalue weighted by Crippen LogP contribution is -2.29. The first-order valence-corrected chi connectivity index (χ1v) is 8.69. The molecule has 1 aliphatic rings. The van der Waals surface area contributed by atoms with Gasteiger partial charge in [-0.15, -0.1) is 0 Å². The topological polar surface area (TPSA) is 75.3 Å². The number of hydrogen-bond donors (Lipinski definition) is 2. The lowest BCUT2D eigenvalue weighted by molar-refractivity contribution is 0.0948. The molecule has 0 aliphatic heterocycles. The minimum absolute atomic E-state index is 0.0505. The zero-order chi connectivity index (χ0) is 15.6. The summed E-state index contributed by atoms with van der Waals surface area (Å²) >= 11 is 0. The van der Waals surface area contributed by atoms with Gasteiger partial charge in [0.25, 0.3) is 5.91 Å². The SMILES string of the molecule is Cc1ccc(S(=O)(=O)NC2CC2)cc1C(=O)NCC(C)C. The molecular formula is C15H22N2O3S. The molecule has 0 radical (unpaired) electrons. The number of amides is 1. The quantitative estimate of drug-likeness (QED) is 0.841. The van der Waals surface area contributed by atoms with Gasteiger partial charge in [-0.3, -0.25) is 4.79 Å². The van der Waals surface area contributed by atoms with Gasteiger partial charge in [0.05, 0.1) is 4.90 Å². The van der Waals surface area contributed by atoms with Crippen LogP contribution in [0.15, 0.2) is 23.1 Å². The Balaban J connectivity index is 2.22. The minimum Gasteiger partial charge on any atom is -0.352 e. The van der Waals surface area contributed by atoms with Crippen LogP contribution in [0, 0.1) is 12.8 Å². The van der Waals surface area contributed by atoms with Gasteiger partial charge in [0, 0.05) is 18.2 Å². The molecule has 1 saturated carbocycles. The average Bonchev–Trinajstić information content (AvgIpc) is 3.19. The number of benzene rings is 1. The highest BCUT2D eigenvalue weighted by Crippen LogP contribution is 2.23. The first-order chi connectivity index (χ1) is 9.79. The van der Waals surface area contributed by atoms with Crippen molar-refractivity contribution in [3.63, 3.8) is 0 Å². The number of carbonyl (C=O) groups excluding carboxylic acids is 1. The monoisotopic (exact) mass is 310 g/mol. The lowest BCUT2D eigenvalue weighted by Gasteiger charge is -2.12. The predicted molar refractivity (Wildman–Crippen MR) is 81.7 cm³/mol.